The van der Waals surface area contributed by atoms with Gasteiger partial charge in [0, 0.05) is 35.9 Å². The lowest BCUT2D eigenvalue weighted by atomic mass is 9.87. The number of rotatable bonds is 4. The van der Waals surface area contributed by atoms with Crippen LogP contribution in [0.15, 0.2) is 30.7 Å². The Morgan fingerprint density at radius 2 is 2.24 bits per heavy atom. The number of fused-ring (bicyclic) bond motifs is 1. The molecule has 0 spiro atoms. The molecule has 3 rings (SSSR count). The maximum Gasteiger partial charge on any atom is 0.160 e. The van der Waals surface area contributed by atoms with Gasteiger partial charge in [-0.3, -0.25) is 4.98 Å². The molecule has 0 aromatic carbocycles. The molecule has 4 heteroatoms. The maximum atomic E-state index is 4.74. The minimum Gasteiger partial charge on any atom is -0.314 e. The minimum atomic E-state index is 0.551. The van der Waals surface area contributed by atoms with Crippen LogP contribution in [0.1, 0.15) is 31.5 Å². The Labute approximate surface area is 126 Å². The fourth-order valence-electron chi connectivity index (χ4n) is 2.79. The van der Waals surface area contributed by atoms with Crippen molar-refractivity contribution in [1.82, 2.24) is 20.3 Å². The Bertz CT molecular complexity index is 595. The molecule has 1 N–H and O–H groups in total. The zero-order chi connectivity index (χ0) is 14.7. The van der Waals surface area contributed by atoms with Gasteiger partial charge in [-0.15, -0.1) is 0 Å². The highest BCUT2D eigenvalue weighted by Crippen LogP contribution is 2.25. The van der Waals surface area contributed by atoms with E-state index in [1.807, 2.05) is 24.5 Å². The summed E-state index contributed by atoms with van der Waals surface area (Å²) in [7, 11) is 0. The van der Waals surface area contributed by atoms with Gasteiger partial charge in [-0.25, -0.2) is 9.97 Å². The molecule has 0 saturated heterocycles. The third kappa shape index (κ3) is 3.45. The monoisotopic (exact) mass is 282 g/mol. The minimum absolute atomic E-state index is 0.551. The summed E-state index contributed by atoms with van der Waals surface area (Å²) in [5, 5.41) is 3.53. The van der Waals surface area contributed by atoms with E-state index in [4.69, 9.17) is 4.98 Å². The third-order valence-electron chi connectivity index (χ3n) is 3.99. The summed E-state index contributed by atoms with van der Waals surface area (Å²) in [5.41, 5.74) is 3.51. The van der Waals surface area contributed by atoms with Crippen LogP contribution in [0.5, 0.6) is 0 Å². The lowest BCUT2D eigenvalue weighted by Crippen LogP contribution is -2.32. The van der Waals surface area contributed by atoms with Gasteiger partial charge < -0.3 is 5.32 Å². The van der Waals surface area contributed by atoms with E-state index in [0.717, 1.165) is 30.8 Å². The predicted octanol–water partition coefficient (Wildman–Crippen LogP) is 2.64. The van der Waals surface area contributed by atoms with E-state index in [-0.39, 0.29) is 0 Å². The molecule has 2 aromatic heterocycles. The third-order valence-corrected chi connectivity index (χ3v) is 3.99. The first kappa shape index (κ1) is 14.1. The largest absolute Gasteiger partial charge is 0.314 e. The number of aryl methyl sites for hydroxylation is 1. The van der Waals surface area contributed by atoms with Crippen molar-refractivity contribution in [1.29, 1.82) is 0 Å². The van der Waals surface area contributed by atoms with E-state index >= 15 is 0 Å². The molecule has 1 aliphatic rings. The topological polar surface area (TPSA) is 50.7 Å². The lowest BCUT2D eigenvalue weighted by molar-refractivity contribution is 0.403. The van der Waals surface area contributed by atoms with Crippen molar-refractivity contribution >= 4 is 0 Å². The van der Waals surface area contributed by atoms with Crippen LogP contribution in [0, 0.1) is 5.92 Å². The molecule has 110 valence electrons. The Kier molecular flexibility index (Phi) is 4.25. The van der Waals surface area contributed by atoms with E-state index < -0.39 is 0 Å². The number of aromatic nitrogens is 3. The van der Waals surface area contributed by atoms with Gasteiger partial charge in [0.25, 0.3) is 0 Å². The van der Waals surface area contributed by atoms with Crippen molar-refractivity contribution in [2.45, 2.75) is 39.2 Å². The van der Waals surface area contributed by atoms with Crippen molar-refractivity contribution in [3.05, 3.63) is 42.0 Å². The molecule has 2 heterocycles. The number of nitrogens with one attached hydrogen (secondary N) is 1. The Balaban J connectivity index is 1.74. The van der Waals surface area contributed by atoms with E-state index in [1.54, 1.807) is 6.20 Å². The van der Waals surface area contributed by atoms with E-state index in [0.29, 0.717) is 12.0 Å². The average Bonchev–Trinajstić information content (AvgIpc) is 2.53. The van der Waals surface area contributed by atoms with Crippen LogP contribution in [0.3, 0.4) is 0 Å². The van der Waals surface area contributed by atoms with Gasteiger partial charge in [0.15, 0.2) is 5.82 Å². The molecule has 1 unspecified atom stereocenters. The molecule has 21 heavy (non-hydrogen) atoms. The number of pyridine rings is 1. The molecular formula is C17H22N4. The zero-order valence-corrected chi connectivity index (χ0v) is 12.7. The lowest BCUT2D eigenvalue weighted by Gasteiger charge is -2.25. The quantitative estimate of drug-likeness (QED) is 0.936. The molecule has 2 aromatic rings. The smallest absolute Gasteiger partial charge is 0.160 e. The number of nitrogens with zero attached hydrogens (tertiary/aromatic N) is 3. The second-order valence-corrected chi connectivity index (χ2v) is 6.08. The average molecular weight is 282 g/mol. The van der Waals surface area contributed by atoms with Gasteiger partial charge in [0.05, 0.1) is 0 Å². The van der Waals surface area contributed by atoms with Gasteiger partial charge in [0.2, 0.25) is 0 Å². The highest BCUT2D eigenvalue weighted by Gasteiger charge is 2.20. The van der Waals surface area contributed by atoms with Crippen LogP contribution in [-0.2, 0) is 12.8 Å². The molecule has 0 saturated carbocycles. The first-order valence-electron chi connectivity index (χ1n) is 7.71. The molecular weight excluding hydrogens is 260 g/mol. The molecule has 1 aliphatic carbocycles. The summed E-state index contributed by atoms with van der Waals surface area (Å²) >= 11 is 0. The van der Waals surface area contributed by atoms with Gasteiger partial charge >= 0.3 is 0 Å². The summed E-state index contributed by atoms with van der Waals surface area (Å²) < 4.78 is 0. The normalized spacial score (nSPS) is 17.8. The summed E-state index contributed by atoms with van der Waals surface area (Å²) in [5.74, 6) is 1.49. The van der Waals surface area contributed by atoms with Crippen LogP contribution in [0.2, 0.25) is 0 Å². The Morgan fingerprint density at radius 3 is 3.00 bits per heavy atom. The van der Waals surface area contributed by atoms with E-state index in [1.165, 1.54) is 17.7 Å². The van der Waals surface area contributed by atoms with Crippen molar-refractivity contribution in [3.8, 4) is 11.4 Å². The van der Waals surface area contributed by atoms with Crippen LogP contribution in [0.4, 0.5) is 0 Å². The van der Waals surface area contributed by atoms with Crippen molar-refractivity contribution < 1.29 is 0 Å². The fraction of sp³-hybridized carbons (Fsp3) is 0.471. The molecule has 0 radical (unpaired) electrons. The number of hydrogen-bond donors (Lipinski definition) is 1. The second kappa shape index (κ2) is 6.31. The van der Waals surface area contributed by atoms with Crippen molar-refractivity contribution in [3.63, 3.8) is 0 Å². The zero-order valence-electron chi connectivity index (χ0n) is 12.7. The highest BCUT2D eigenvalue weighted by molar-refractivity contribution is 5.53. The first-order chi connectivity index (χ1) is 10.2. The summed E-state index contributed by atoms with van der Waals surface area (Å²) in [6, 6.07) is 4.48. The van der Waals surface area contributed by atoms with Crippen LogP contribution < -0.4 is 5.32 Å². The molecule has 4 nitrogen and oxygen atoms in total. The first-order valence-corrected chi connectivity index (χ1v) is 7.71. The van der Waals surface area contributed by atoms with Gasteiger partial charge in [0.1, 0.15) is 0 Å². The SMILES string of the molecule is CC(C)NCC1CCc2nc(-c3cccnc3)ncc2C1. The second-order valence-electron chi connectivity index (χ2n) is 6.08. The number of hydrogen-bond acceptors (Lipinski definition) is 4. The summed E-state index contributed by atoms with van der Waals surface area (Å²) in [6.07, 6.45) is 8.94. The highest BCUT2D eigenvalue weighted by atomic mass is 14.9. The Morgan fingerprint density at radius 1 is 1.33 bits per heavy atom. The van der Waals surface area contributed by atoms with Gasteiger partial charge in [-0.2, -0.15) is 0 Å². The van der Waals surface area contributed by atoms with Gasteiger partial charge in [-0.1, -0.05) is 13.8 Å². The Hall–Kier alpha value is -1.81. The van der Waals surface area contributed by atoms with Crippen LogP contribution >= 0.6 is 0 Å². The molecule has 0 aliphatic heterocycles. The summed E-state index contributed by atoms with van der Waals surface area (Å²) in [6.45, 7) is 5.47. The maximum absolute atomic E-state index is 4.74. The van der Waals surface area contributed by atoms with Gasteiger partial charge in [-0.05, 0) is 49.4 Å². The molecule has 1 atom stereocenters. The van der Waals surface area contributed by atoms with Crippen molar-refractivity contribution in [2.75, 3.05) is 6.54 Å². The standard InChI is InChI=1S/C17H22N4/c1-12(2)19-9-13-5-6-16-15(8-13)11-20-17(21-16)14-4-3-7-18-10-14/h3-4,7,10-13,19H,5-6,8-9H2,1-2H3. The van der Waals surface area contributed by atoms with Crippen molar-refractivity contribution in [2.24, 2.45) is 5.92 Å². The summed E-state index contributed by atoms with van der Waals surface area (Å²) in [4.78, 5) is 13.4. The molecule has 0 bridgehead atoms. The molecule has 0 fully saturated rings. The van der Waals surface area contributed by atoms with E-state index in [9.17, 15) is 0 Å². The predicted molar refractivity (Wildman–Crippen MR) is 83.9 cm³/mol. The van der Waals surface area contributed by atoms with E-state index in [2.05, 4.69) is 29.1 Å². The van der Waals surface area contributed by atoms with Crippen LogP contribution in [-0.4, -0.2) is 27.5 Å². The molecule has 0 amide bonds. The fourth-order valence-corrected chi connectivity index (χ4v) is 2.79. The van der Waals surface area contributed by atoms with Crippen LogP contribution in [0.25, 0.3) is 11.4 Å².